The van der Waals surface area contributed by atoms with Crippen molar-refractivity contribution in [2.24, 2.45) is 0 Å². The van der Waals surface area contributed by atoms with Crippen LogP contribution in [0.4, 0.5) is 17.1 Å². The molecule has 3 rings (SSSR count). The average molecular weight is 304 g/mol. The minimum Gasteiger partial charge on any atom is -0.353 e. The first-order valence-electron chi connectivity index (χ1n) is 6.15. The highest BCUT2D eigenvalue weighted by molar-refractivity contribution is 7.86. The molecule has 1 aliphatic rings. The van der Waals surface area contributed by atoms with E-state index in [1.165, 1.54) is 0 Å². The number of nitrogens with one attached hydrogen (secondary N) is 1. The molecule has 0 bridgehead atoms. The molecule has 1 aliphatic heterocycles. The van der Waals surface area contributed by atoms with E-state index >= 15 is 0 Å². The Balaban J connectivity index is 2.20. The van der Waals surface area contributed by atoms with Gasteiger partial charge in [0.25, 0.3) is 16.0 Å². The minimum absolute atomic E-state index is 0.331. The topological polar surface area (TPSA) is 75.7 Å². The van der Waals surface area contributed by atoms with Gasteiger partial charge in [-0.2, -0.15) is 13.5 Å². The molecule has 2 aromatic rings. The van der Waals surface area contributed by atoms with E-state index in [9.17, 15) is 13.2 Å². The molecule has 0 fully saturated rings. The number of hydrogen-bond donors (Lipinski definition) is 1. The van der Waals surface area contributed by atoms with Crippen LogP contribution in [0.5, 0.6) is 0 Å². The summed E-state index contributed by atoms with van der Waals surface area (Å²) in [5.41, 5.74) is 1.84. The highest BCUT2D eigenvalue weighted by Crippen LogP contribution is 2.35. The zero-order valence-corrected chi connectivity index (χ0v) is 11.9. The fourth-order valence-corrected chi connectivity index (χ4v) is 2.53. The van der Waals surface area contributed by atoms with Crippen molar-refractivity contribution in [3.63, 3.8) is 0 Å². The third-order valence-electron chi connectivity index (χ3n) is 2.94. The van der Waals surface area contributed by atoms with E-state index in [-0.39, 0.29) is 0 Å². The standard InChI is InChI=1S/C14H12N2O4S/c1-21(18,19)20-16-13-9-5-4-8-12(13)15-11-7-3-2-6-10(11)14(16)17/h2-9,15H,1H3. The van der Waals surface area contributed by atoms with Crippen LogP contribution in [0.1, 0.15) is 10.4 Å². The summed E-state index contributed by atoms with van der Waals surface area (Å²) in [6.45, 7) is 0. The van der Waals surface area contributed by atoms with E-state index in [2.05, 4.69) is 5.32 Å². The maximum Gasteiger partial charge on any atom is 0.285 e. The highest BCUT2D eigenvalue weighted by atomic mass is 32.2. The SMILES string of the molecule is CS(=O)(=O)ON1C(=O)c2ccccc2Nc2ccccc21. The van der Waals surface area contributed by atoms with E-state index < -0.39 is 16.0 Å². The zero-order valence-electron chi connectivity index (χ0n) is 11.1. The van der Waals surface area contributed by atoms with Gasteiger partial charge in [-0.05, 0) is 24.3 Å². The molecular formula is C14H12N2O4S. The Bertz CT molecular complexity index is 817. The van der Waals surface area contributed by atoms with E-state index in [0.29, 0.717) is 22.6 Å². The number of fused-ring (bicyclic) bond motifs is 2. The van der Waals surface area contributed by atoms with Crippen molar-refractivity contribution in [2.45, 2.75) is 0 Å². The molecule has 0 saturated carbocycles. The summed E-state index contributed by atoms with van der Waals surface area (Å²) in [6.07, 6.45) is 0.896. The third kappa shape index (κ3) is 2.61. The lowest BCUT2D eigenvalue weighted by Gasteiger charge is -2.19. The van der Waals surface area contributed by atoms with Crippen molar-refractivity contribution in [1.82, 2.24) is 0 Å². The molecule has 1 heterocycles. The van der Waals surface area contributed by atoms with Gasteiger partial charge in [0.1, 0.15) is 0 Å². The molecule has 0 atom stereocenters. The smallest absolute Gasteiger partial charge is 0.285 e. The summed E-state index contributed by atoms with van der Waals surface area (Å²) in [5.74, 6) is -0.548. The van der Waals surface area contributed by atoms with Gasteiger partial charge in [-0.15, -0.1) is 4.28 Å². The Kier molecular flexibility index (Phi) is 3.15. The van der Waals surface area contributed by atoms with Crippen molar-refractivity contribution < 1.29 is 17.5 Å². The molecule has 21 heavy (non-hydrogen) atoms. The van der Waals surface area contributed by atoms with Gasteiger partial charge in [-0.3, -0.25) is 4.79 Å². The van der Waals surface area contributed by atoms with Crippen molar-refractivity contribution >= 4 is 33.1 Å². The summed E-state index contributed by atoms with van der Waals surface area (Å²) >= 11 is 0. The number of carbonyl (C=O) groups excluding carboxylic acids is 1. The number of nitrogens with zero attached hydrogens (tertiary/aromatic N) is 1. The van der Waals surface area contributed by atoms with Crippen LogP contribution in [-0.4, -0.2) is 20.6 Å². The van der Waals surface area contributed by atoms with Crippen LogP contribution in [-0.2, 0) is 14.4 Å². The largest absolute Gasteiger partial charge is 0.353 e. The first kappa shape index (κ1) is 13.6. The van der Waals surface area contributed by atoms with Crippen molar-refractivity contribution in [1.29, 1.82) is 0 Å². The molecule has 0 unspecified atom stereocenters. The van der Waals surface area contributed by atoms with Crippen LogP contribution in [0.15, 0.2) is 48.5 Å². The van der Waals surface area contributed by atoms with Crippen LogP contribution in [0.25, 0.3) is 0 Å². The molecule has 108 valence electrons. The van der Waals surface area contributed by atoms with E-state index in [1.807, 2.05) is 0 Å². The molecule has 7 heteroatoms. The molecule has 0 spiro atoms. The molecule has 6 nitrogen and oxygen atoms in total. The van der Waals surface area contributed by atoms with E-state index in [1.54, 1.807) is 48.5 Å². The minimum atomic E-state index is -3.84. The number of amides is 1. The van der Waals surface area contributed by atoms with Gasteiger partial charge in [0.05, 0.1) is 28.9 Å². The number of rotatable bonds is 2. The van der Waals surface area contributed by atoms with Gasteiger partial charge in [0, 0.05) is 0 Å². The number of benzene rings is 2. The molecule has 0 aromatic heterocycles. The Morgan fingerprint density at radius 1 is 1.00 bits per heavy atom. The molecule has 1 N–H and O–H groups in total. The lowest BCUT2D eigenvalue weighted by atomic mass is 10.1. The number of hydrogen-bond acceptors (Lipinski definition) is 5. The second-order valence-electron chi connectivity index (χ2n) is 4.57. The summed E-state index contributed by atoms with van der Waals surface area (Å²) in [6, 6.07) is 13.7. The lowest BCUT2D eigenvalue weighted by molar-refractivity contribution is 0.0888. The first-order valence-corrected chi connectivity index (χ1v) is 7.96. The van der Waals surface area contributed by atoms with Gasteiger partial charge < -0.3 is 5.32 Å². The molecule has 2 aromatic carbocycles. The summed E-state index contributed by atoms with van der Waals surface area (Å²) < 4.78 is 27.8. The van der Waals surface area contributed by atoms with Gasteiger partial charge in [0.15, 0.2) is 0 Å². The van der Waals surface area contributed by atoms with Crippen LogP contribution in [0, 0.1) is 0 Å². The summed E-state index contributed by atoms with van der Waals surface area (Å²) in [4.78, 5) is 12.6. The molecule has 0 saturated heterocycles. The Hall–Kier alpha value is -2.38. The normalized spacial score (nSPS) is 14.0. The first-order chi connectivity index (χ1) is 9.96. The van der Waals surface area contributed by atoms with Gasteiger partial charge in [0.2, 0.25) is 0 Å². The van der Waals surface area contributed by atoms with Gasteiger partial charge in [-0.25, -0.2) is 0 Å². The summed E-state index contributed by atoms with van der Waals surface area (Å²) in [7, 11) is -3.84. The predicted molar refractivity (Wildman–Crippen MR) is 78.9 cm³/mol. The lowest BCUT2D eigenvalue weighted by Crippen LogP contribution is -2.32. The van der Waals surface area contributed by atoms with Gasteiger partial charge >= 0.3 is 0 Å². The molecule has 0 aliphatic carbocycles. The number of carbonyl (C=O) groups is 1. The predicted octanol–water partition coefficient (Wildman–Crippen LogP) is 2.28. The number of hydroxylamine groups is 1. The Morgan fingerprint density at radius 2 is 1.62 bits per heavy atom. The third-order valence-corrected chi connectivity index (χ3v) is 3.36. The van der Waals surface area contributed by atoms with E-state index in [4.69, 9.17) is 4.28 Å². The second-order valence-corrected chi connectivity index (χ2v) is 6.12. The Labute approximate surface area is 122 Å². The fourth-order valence-electron chi connectivity index (χ4n) is 2.11. The fraction of sp³-hybridized carbons (Fsp3) is 0.0714. The van der Waals surface area contributed by atoms with Crippen molar-refractivity contribution in [3.05, 3.63) is 54.1 Å². The monoisotopic (exact) mass is 304 g/mol. The quantitative estimate of drug-likeness (QED) is 0.921. The van der Waals surface area contributed by atoms with Crippen LogP contribution in [0.2, 0.25) is 0 Å². The maximum atomic E-state index is 12.6. The summed E-state index contributed by atoms with van der Waals surface area (Å²) in [5, 5.41) is 3.91. The second kappa shape index (κ2) is 4.87. The van der Waals surface area contributed by atoms with Crippen LogP contribution in [0.3, 0.4) is 0 Å². The van der Waals surface area contributed by atoms with E-state index in [0.717, 1.165) is 11.3 Å². The Morgan fingerprint density at radius 3 is 2.33 bits per heavy atom. The molecule has 0 radical (unpaired) electrons. The number of para-hydroxylation sites is 3. The molecule has 1 amide bonds. The van der Waals surface area contributed by atoms with Crippen LogP contribution < -0.4 is 10.4 Å². The van der Waals surface area contributed by atoms with Crippen molar-refractivity contribution in [2.75, 3.05) is 16.6 Å². The average Bonchev–Trinajstić information content (AvgIpc) is 2.55. The van der Waals surface area contributed by atoms with Crippen molar-refractivity contribution in [3.8, 4) is 0 Å². The zero-order chi connectivity index (χ0) is 15.0. The number of anilines is 3. The van der Waals surface area contributed by atoms with Gasteiger partial charge in [-0.1, -0.05) is 24.3 Å². The molecular weight excluding hydrogens is 292 g/mol. The van der Waals surface area contributed by atoms with Crippen LogP contribution >= 0.6 is 0 Å². The highest BCUT2D eigenvalue weighted by Gasteiger charge is 2.29. The maximum absolute atomic E-state index is 12.6.